The van der Waals surface area contributed by atoms with E-state index in [1.807, 2.05) is 12.1 Å². The number of phenols is 1. The summed E-state index contributed by atoms with van der Waals surface area (Å²) in [4.78, 5) is 20.2. The first-order valence-corrected chi connectivity index (χ1v) is 11.1. The van der Waals surface area contributed by atoms with Crippen molar-refractivity contribution in [3.8, 4) is 17.2 Å². The van der Waals surface area contributed by atoms with Crippen molar-refractivity contribution in [2.24, 2.45) is 0 Å². The van der Waals surface area contributed by atoms with Gasteiger partial charge >= 0.3 is 5.97 Å². The molecular weight excluding hydrogens is 510 g/mol. The summed E-state index contributed by atoms with van der Waals surface area (Å²) in [6, 6.07) is 13.5. The molecule has 0 saturated heterocycles. The monoisotopic (exact) mass is 527 g/mol. The Labute approximate surface area is 203 Å². The molecule has 0 radical (unpaired) electrons. The largest absolute Gasteiger partial charge is 0.505 e. The highest BCUT2D eigenvalue weighted by atomic mass is 79.9. The fourth-order valence-electron chi connectivity index (χ4n) is 3.51. The van der Waals surface area contributed by atoms with Gasteiger partial charge in [0.2, 0.25) is 0 Å². The molecule has 0 aliphatic carbocycles. The first-order valence-electron chi connectivity index (χ1n) is 9.88. The van der Waals surface area contributed by atoms with Crippen LogP contribution in [0.25, 0.3) is 10.9 Å². The van der Waals surface area contributed by atoms with Crippen molar-refractivity contribution in [3.05, 3.63) is 81.5 Å². The Morgan fingerprint density at radius 3 is 2.58 bits per heavy atom. The molecule has 2 N–H and O–H groups in total. The van der Waals surface area contributed by atoms with E-state index < -0.39 is 12.0 Å². The van der Waals surface area contributed by atoms with E-state index in [2.05, 4.69) is 31.2 Å². The average molecular weight is 529 g/mol. The van der Waals surface area contributed by atoms with Crippen LogP contribution in [0.1, 0.15) is 24.1 Å². The third-order valence-electron chi connectivity index (χ3n) is 4.96. The lowest BCUT2D eigenvalue weighted by Crippen LogP contribution is -2.15. The number of hydrogen-bond acceptors (Lipinski definition) is 7. The predicted molar refractivity (Wildman–Crippen MR) is 130 cm³/mol. The zero-order chi connectivity index (χ0) is 23.5. The number of carbonyl (C=O) groups excluding carboxylic acids is 1. The SMILES string of the molecule is COc1cc([C@@H](Nc2ccccn2)c2cc(Cl)c3cccnc3c2O)c(Br)cc1OC(C)=O. The molecule has 2 aromatic carbocycles. The van der Waals surface area contributed by atoms with Crippen LogP contribution in [-0.4, -0.2) is 28.2 Å². The maximum Gasteiger partial charge on any atom is 0.308 e. The molecule has 0 aliphatic rings. The van der Waals surface area contributed by atoms with Crippen LogP contribution in [0.15, 0.2) is 65.4 Å². The number of nitrogens with zero attached hydrogens (tertiary/aromatic N) is 2. The highest BCUT2D eigenvalue weighted by Gasteiger charge is 2.26. The van der Waals surface area contributed by atoms with E-state index in [0.29, 0.717) is 43.1 Å². The van der Waals surface area contributed by atoms with Gasteiger partial charge in [0.25, 0.3) is 0 Å². The zero-order valence-electron chi connectivity index (χ0n) is 17.7. The quantitative estimate of drug-likeness (QED) is 0.238. The third-order valence-corrected chi connectivity index (χ3v) is 5.96. The van der Waals surface area contributed by atoms with Crippen LogP contribution in [0, 0.1) is 0 Å². The van der Waals surface area contributed by atoms with E-state index in [9.17, 15) is 9.90 Å². The van der Waals surface area contributed by atoms with Crippen molar-refractivity contribution >= 4 is 50.2 Å². The molecule has 0 aliphatic heterocycles. The van der Waals surface area contributed by atoms with Gasteiger partial charge in [-0.15, -0.1) is 0 Å². The Hall–Kier alpha value is -3.36. The molecule has 2 aromatic heterocycles. The fourth-order valence-corrected chi connectivity index (χ4v) is 4.33. The normalized spacial score (nSPS) is 11.8. The first kappa shape index (κ1) is 22.8. The average Bonchev–Trinajstić information content (AvgIpc) is 2.81. The smallest absolute Gasteiger partial charge is 0.308 e. The Kier molecular flexibility index (Phi) is 6.67. The number of aromatic hydroxyl groups is 1. The van der Waals surface area contributed by atoms with Gasteiger partial charge in [-0.05, 0) is 48.0 Å². The molecule has 33 heavy (non-hydrogen) atoms. The molecule has 2 heterocycles. The van der Waals surface area contributed by atoms with Crippen molar-refractivity contribution in [1.82, 2.24) is 9.97 Å². The van der Waals surface area contributed by atoms with E-state index in [0.717, 1.165) is 0 Å². The van der Waals surface area contributed by atoms with Crippen molar-refractivity contribution in [2.75, 3.05) is 12.4 Å². The highest BCUT2D eigenvalue weighted by molar-refractivity contribution is 9.10. The van der Waals surface area contributed by atoms with Gasteiger partial charge in [-0.2, -0.15) is 0 Å². The number of halogens is 2. The van der Waals surface area contributed by atoms with Gasteiger partial charge in [0.05, 0.1) is 18.2 Å². The number of methoxy groups -OCH3 is 1. The number of nitrogens with one attached hydrogen (secondary N) is 1. The van der Waals surface area contributed by atoms with Gasteiger partial charge in [0.15, 0.2) is 11.5 Å². The number of anilines is 1. The minimum atomic E-state index is -0.613. The second kappa shape index (κ2) is 9.64. The summed E-state index contributed by atoms with van der Waals surface area (Å²) < 4.78 is 11.3. The third kappa shape index (κ3) is 4.72. The van der Waals surface area contributed by atoms with Crippen LogP contribution in [0.5, 0.6) is 17.2 Å². The van der Waals surface area contributed by atoms with Gasteiger partial charge in [-0.25, -0.2) is 4.98 Å². The van der Waals surface area contributed by atoms with Crippen LogP contribution >= 0.6 is 27.5 Å². The number of aromatic nitrogens is 2. The number of carbonyl (C=O) groups is 1. The highest BCUT2D eigenvalue weighted by Crippen LogP contribution is 2.44. The van der Waals surface area contributed by atoms with Crippen molar-refractivity contribution < 1.29 is 19.4 Å². The van der Waals surface area contributed by atoms with Crippen molar-refractivity contribution in [2.45, 2.75) is 13.0 Å². The lowest BCUT2D eigenvalue weighted by molar-refractivity contribution is -0.132. The lowest BCUT2D eigenvalue weighted by Gasteiger charge is -2.24. The van der Waals surface area contributed by atoms with E-state index in [1.165, 1.54) is 14.0 Å². The van der Waals surface area contributed by atoms with Gasteiger partial charge < -0.3 is 19.9 Å². The summed E-state index contributed by atoms with van der Waals surface area (Å²) in [6.45, 7) is 1.31. The maximum atomic E-state index is 11.5. The summed E-state index contributed by atoms with van der Waals surface area (Å²) in [5.74, 6) is 0.703. The number of pyridine rings is 2. The van der Waals surface area contributed by atoms with Crippen LogP contribution < -0.4 is 14.8 Å². The minimum absolute atomic E-state index is 0.0154. The number of hydrogen-bond donors (Lipinski definition) is 2. The molecule has 4 rings (SSSR count). The van der Waals surface area contributed by atoms with E-state index in [4.69, 9.17) is 21.1 Å². The summed E-state index contributed by atoms with van der Waals surface area (Å²) in [5.41, 5.74) is 1.56. The summed E-state index contributed by atoms with van der Waals surface area (Å²) in [5, 5.41) is 15.6. The number of ether oxygens (including phenoxy) is 2. The zero-order valence-corrected chi connectivity index (χ0v) is 20.0. The molecule has 0 amide bonds. The van der Waals surface area contributed by atoms with Crippen molar-refractivity contribution in [3.63, 3.8) is 0 Å². The molecule has 0 bridgehead atoms. The number of fused-ring (bicyclic) bond motifs is 1. The molecule has 1 atom stereocenters. The summed E-state index contributed by atoms with van der Waals surface area (Å²) in [6.07, 6.45) is 3.25. The number of benzene rings is 2. The first-order chi connectivity index (χ1) is 15.9. The Morgan fingerprint density at radius 2 is 1.88 bits per heavy atom. The Morgan fingerprint density at radius 1 is 1.09 bits per heavy atom. The second-order valence-corrected chi connectivity index (χ2v) is 8.37. The fraction of sp³-hybridized carbons (Fsp3) is 0.125. The van der Waals surface area contributed by atoms with E-state index in [-0.39, 0.29) is 11.5 Å². The van der Waals surface area contributed by atoms with Crippen LogP contribution in [0.3, 0.4) is 0 Å². The van der Waals surface area contributed by atoms with Crippen LogP contribution in [-0.2, 0) is 4.79 Å². The topological polar surface area (TPSA) is 93.6 Å². The Bertz CT molecular complexity index is 1330. The van der Waals surface area contributed by atoms with Crippen molar-refractivity contribution in [1.29, 1.82) is 0 Å². The molecule has 7 nitrogen and oxygen atoms in total. The van der Waals surface area contributed by atoms with Crippen LogP contribution in [0.4, 0.5) is 5.82 Å². The van der Waals surface area contributed by atoms with Gasteiger partial charge in [0.1, 0.15) is 17.1 Å². The van der Waals surface area contributed by atoms with E-state index >= 15 is 0 Å². The van der Waals surface area contributed by atoms with Crippen LogP contribution in [0.2, 0.25) is 5.02 Å². The standard InChI is InChI=1S/C24H19BrClN3O4/c1-13(30)33-20-12-17(25)15(11-19(20)32-2)22(29-21-7-3-4-8-27-21)16-10-18(26)14-6-5-9-28-23(14)24(16)31/h3-12,22,31H,1-2H3,(H,27,29)/t22-/m1/s1. The number of rotatable bonds is 6. The molecular formula is C24H19BrClN3O4. The summed E-state index contributed by atoms with van der Waals surface area (Å²) >= 11 is 10.1. The number of esters is 1. The maximum absolute atomic E-state index is 11.5. The summed E-state index contributed by atoms with van der Waals surface area (Å²) in [7, 11) is 1.48. The predicted octanol–water partition coefficient (Wildman–Crippen LogP) is 5.89. The van der Waals surface area contributed by atoms with Gasteiger partial charge in [0, 0.05) is 34.7 Å². The van der Waals surface area contributed by atoms with Gasteiger partial charge in [-0.1, -0.05) is 33.6 Å². The molecule has 168 valence electrons. The second-order valence-electron chi connectivity index (χ2n) is 7.11. The molecule has 0 fully saturated rings. The molecule has 0 spiro atoms. The minimum Gasteiger partial charge on any atom is -0.505 e. The van der Waals surface area contributed by atoms with E-state index in [1.54, 1.807) is 48.8 Å². The lowest BCUT2D eigenvalue weighted by atomic mass is 9.95. The van der Waals surface area contributed by atoms with Gasteiger partial charge in [-0.3, -0.25) is 9.78 Å². The molecule has 4 aromatic rings. The molecule has 0 unspecified atom stereocenters. The molecule has 0 saturated carbocycles. The number of phenolic OH excluding ortho intramolecular Hbond substituents is 1. The Balaban J connectivity index is 1.93. The molecule has 9 heteroatoms.